The van der Waals surface area contributed by atoms with Gasteiger partial charge in [-0.1, -0.05) is 82.9 Å². The first kappa shape index (κ1) is 32.5. The minimum atomic E-state index is -0.339. The summed E-state index contributed by atoms with van der Waals surface area (Å²) in [6.45, 7) is 7.98. The van der Waals surface area contributed by atoms with Crippen LogP contribution < -0.4 is 0 Å². The Hall–Kier alpha value is -1.51. The summed E-state index contributed by atoms with van der Waals surface area (Å²) in [4.78, 5) is 11.7. The van der Waals surface area contributed by atoms with Crippen molar-refractivity contribution in [1.82, 2.24) is 0 Å². The van der Waals surface area contributed by atoms with Crippen molar-refractivity contribution in [1.29, 1.82) is 0 Å². The average molecular weight is 511 g/mol. The summed E-state index contributed by atoms with van der Waals surface area (Å²) in [7, 11) is 0. The highest BCUT2D eigenvalue weighted by molar-refractivity contribution is 5.89. The van der Waals surface area contributed by atoms with Crippen LogP contribution in [0, 0.1) is 0 Å². The van der Waals surface area contributed by atoms with Crippen LogP contribution in [0.25, 0.3) is 0 Å². The lowest BCUT2D eigenvalue weighted by Crippen LogP contribution is -2.15. The summed E-state index contributed by atoms with van der Waals surface area (Å²) in [6.07, 6.45) is 13.4. The number of benzene rings is 1. The molecule has 0 spiro atoms. The summed E-state index contributed by atoms with van der Waals surface area (Å²) in [5.41, 5.74) is 0.541. The normalized spacial score (nSPS) is 11.1. The highest BCUT2D eigenvalue weighted by Gasteiger charge is 2.05. The highest BCUT2D eigenvalue weighted by Crippen LogP contribution is 2.10. The molecule has 208 valence electrons. The molecule has 7 nitrogen and oxygen atoms in total. The van der Waals surface area contributed by atoms with Gasteiger partial charge in [-0.2, -0.15) is 0 Å². The topological polar surface area (TPSA) is 72.5 Å². The molecule has 0 aromatic heterocycles. The van der Waals surface area contributed by atoms with Crippen molar-refractivity contribution in [3.05, 3.63) is 35.9 Å². The SMILES string of the molecule is CCCCCCCCCCCCOCCOCCOCCOCCOCCOC(=O)c1ccccc1. The van der Waals surface area contributed by atoms with Gasteiger partial charge in [-0.25, -0.2) is 4.79 Å². The molecule has 0 saturated heterocycles. The zero-order chi connectivity index (χ0) is 25.8. The van der Waals surface area contributed by atoms with Gasteiger partial charge in [0, 0.05) is 6.61 Å². The maximum absolute atomic E-state index is 11.7. The second-order valence-electron chi connectivity index (χ2n) is 8.75. The molecule has 0 amide bonds. The van der Waals surface area contributed by atoms with E-state index in [1.807, 2.05) is 6.07 Å². The molecule has 0 aliphatic carbocycles. The van der Waals surface area contributed by atoms with E-state index < -0.39 is 0 Å². The molecular formula is C29H50O7. The number of ether oxygens (including phenoxy) is 6. The van der Waals surface area contributed by atoms with Crippen LogP contribution >= 0.6 is 0 Å². The molecule has 7 heteroatoms. The molecule has 1 rings (SSSR count). The van der Waals surface area contributed by atoms with E-state index in [0.717, 1.165) is 13.0 Å². The smallest absolute Gasteiger partial charge is 0.338 e. The van der Waals surface area contributed by atoms with E-state index in [1.165, 1.54) is 57.8 Å². The number of carbonyl (C=O) groups is 1. The van der Waals surface area contributed by atoms with Gasteiger partial charge in [-0.15, -0.1) is 0 Å². The third-order valence-corrected chi connectivity index (χ3v) is 5.60. The highest BCUT2D eigenvalue weighted by atomic mass is 16.6. The van der Waals surface area contributed by atoms with Crippen molar-refractivity contribution in [3.8, 4) is 0 Å². The van der Waals surface area contributed by atoms with Crippen molar-refractivity contribution < 1.29 is 33.2 Å². The monoisotopic (exact) mass is 510 g/mol. The Morgan fingerprint density at radius 3 is 1.36 bits per heavy atom. The molecule has 1 aromatic carbocycles. The van der Waals surface area contributed by atoms with Gasteiger partial charge in [0.25, 0.3) is 0 Å². The first-order valence-electron chi connectivity index (χ1n) is 14.0. The molecule has 0 bridgehead atoms. The van der Waals surface area contributed by atoms with Gasteiger partial charge in [0.2, 0.25) is 0 Å². The second kappa shape index (κ2) is 26.6. The Kier molecular flexibility index (Phi) is 24.0. The summed E-state index contributed by atoms with van der Waals surface area (Å²) in [5, 5.41) is 0. The van der Waals surface area contributed by atoms with E-state index in [4.69, 9.17) is 28.4 Å². The molecule has 0 heterocycles. The van der Waals surface area contributed by atoms with E-state index in [2.05, 4.69) is 6.92 Å². The van der Waals surface area contributed by atoms with Crippen LogP contribution in [0.15, 0.2) is 30.3 Å². The van der Waals surface area contributed by atoms with Crippen LogP contribution in [0.2, 0.25) is 0 Å². The fourth-order valence-electron chi connectivity index (χ4n) is 3.52. The third kappa shape index (κ3) is 21.7. The Balaban J connectivity index is 1.67. The molecule has 0 aliphatic rings. The van der Waals surface area contributed by atoms with Gasteiger partial charge < -0.3 is 28.4 Å². The summed E-state index contributed by atoms with van der Waals surface area (Å²) >= 11 is 0. The molecule has 0 N–H and O–H groups in total. The lowest BCUT2D eigenvalue weighted by Gasteiger charge is -2.08. The van der Waals surface area contributed by atoms with Crippen molar-refractivity contribution in [2.75, 3.05) is 72.7 Å². The predicted molar refractivity (Wildman–Crippen MR) is 143 cm³/mol. The van der Waals surface area contributed by atoms with Gasteiger partial charge in [-0.05, 0) is 18.6 Å². The largest absolute Gasteiger partial charge is 0.460 e. The zero-order valence-electron chi connectivity index (χ0n) is 22.6. The maximum Gasteiger partial charge on any atom is 0.338 e. The van der Waals surface area contributed by atoms with Gasteiger partial charge in [-0.3, -0.25) is 0 Å². The molecule has 0 saturated carbocycles. The second-order valence-corrected chi connectivity index (χ2v) is 8.75. The lowest BCUT2D eigenvalue weighted by atomic mass is 10.1. The molecule has 0 unspecified atom stereocenters. The van der Waals surface area contributed by atoms with E-state index in [-0.39, 0.29) is 12.6 Å². The summed E-state index contributed by atoms with van der Waals surface area (Å²) in [6, 6.07) is 8.91. The number of hydrogen-bond acceptors (Lipinski definition) is 7. The molecule has 36 heavy (non-hydrogen) atoms. The van der Waals surface area contributed by atoms with E-state index >= 15 is 0 Å². The van der Waals surface area contributed by atoms with Crippen molar-refractivity contribution in [2.45, 2.75) is 71.1 Å². The van der Waals surface area contributed by atoms with Crippen LogP contribution in [-0.4, -0.2) is 78.6 Å². The van der Waals surface area contributed by atoms with Crippen LogP contribution in [0.3, 0.4) is 0 Å². The third-order valence-electron chi connectivity index (χ3n) is 5.60. The van der Waals surface area contributed by atoms with Crippen LogP contribution in [0.1, 0.15) is 81.5 Å². The van der Waals surface area contributed by atoms with Crippen LogP contribution in [-0.2, 0) is 28.4 Å². The standard InChI is InChI=1S/C29H50O7/c1-2-3-4-5-6-7-8-9-10-14-17-31-18-19-32-20-21-33-22-23-34-24-25-35-26-27-36-29(30)28-15-12-11-13-16-28/h11-13,15-16H,2-10,14,17-27H2,1H3. The quantitative estimate of drug-likeness (QED) is 0.109. The number of rotatable bonds is 27. The molecule has 0 atom stereocenters. The Morgan fingerprint density at radius 2 is 0.889 bits per heavy atom. The lowest BCUT2D eigenvalue weighted by molar-refractivity contribution is -0.0153. The summed E-state index contributed by atoms with van der Waals surface area (Å²) < 4.78 is 32.6. The summed E-state index contributed by atoms with van der Waals surface area (Å²) in [5.74, 6) is -0.339. The first-order valence-corrected chi connectivity index (χ1v) is 14.0. The predicted octanol–water partition coefficient (Wildman–Crippen LogP) is 5.85. The van der Waals surface area contributed by atoms with Crippen molar-refractivity contribution >= 4 is 5.97 Å². The fraction of sp³-hybridized carbons (Fsp3) is 0.759. The van der Waals surface area contributed by atoms with Gasteiger partial charge in [0.05, 0.1) is 65.0 Å². The Bertz CT molecular complexity index is 582. The van der Waals surface area contributed by atoms with Gasteiger partial charge >= 0.3 is 5.97 Å². The van der Waals surface area contributed by atoms with E-state index in [0.29, 0.717) is 65.0 Å². The van der Waals surface area contributed by atoms with Crippen molar-refractivity contribution in [2.24, 2.45) is 0 Å². The average Bonchev–Trinajstić information content (AvgIpc) is 2.91. The fourth-order valence-corrected chi connectivity index (χ4v) is 3.52. The molecule has 0 fully saturated rings. The minimum Gasteiger partial charge on any atom is -0.460 e. The number of hydrogen-bond donors (Lipinski definition) is 0. The van der Waals surface area contributed by atoms with Gasteiger partial charge in [0.1, 0.15) is 6.61 Å². The Labute approximate surface area is 219 Å². The van der Waals surface area contributed by atoms with Crippen LogP contribution in [0.5, 0.6) is 0 Å². The zero-order valence-corrected chi connectivity index (χ0v) is 22.6. The van der Waals surface area contributed by atoms with E-state index in [9.17, 15) is 4.79 Å². The maximum atomic E-state index is 11.7. The number of unbranched alkanes of at least 4 members (excludes halogenated alkanes) is 9. The van der Waals surface area contributed by atoms with E-state index in [1.54, 1.807) is 24.3 Å². The van der Waals surface area contributed by atoms with Crippen LogP contribution in [0.4, 0.5) is 0 Å². The molecule has 0 aliphatic heterocycles. The molecular weight excluding hydrogens is 460 g/mol. The number of carbonyl (C=O) groups excluding carboxylic acids is 1. The van der Waals surface area contributed by atoms with Crippen molar-refractivity contribution in [3.63, 3.8) is 0 Å². The molecule has 1 aromatic rings. The van der Waals surface area contributed by atoms with Gasteiger partial charge in [0.15, 0.2) is 0 Å². The first-order chi connectivity index (χ1) is 17.8. The molecule has 0 radical (unpaired) electrons. The minimum absolute atomic E-state index is 0.223. The Morgan fingerprint density at radius 1 is 0.500 bits per heavy atom. The number of esters is 1.